The second-order valence-corrected chi connectivity index (χ2v) is 4.02. The molecule has 0 fully saturated rings. The summed E-state index contributed by atoms with van der Waals surface area (Å²) in [6.07, 6.45) is 1.36. The number of hydrogen-bond donors (Lipinski definition) is 4. The Morgan fingerprint density at radius 3 is 2.43 bits per heavy atom. The Morgan fingerprint density at radius 1 is 1.21 bits per heavy atom. The number of rotatable bonds is 2. The highest BCUT2D eigenvalue weighted by atomic mass is 15.4. The number of nitrogens with one attached hydrogen (secondary N) is 2. The highest BCUT2D eigenvalue weighted by molar-refractivity contribution is 5.71. The van der Waals surface area contributed by atoms with Gasteiger partial charge in [-0.15, -0.1) is 0 Å². The average Bonchev–Trinajstić information content (AvgIpc) is 2.06. The van der Waals surface area contributed by atoms with E-state index in [2.05, 4.69) is 20.8 Å². The van der Waals surface area contributed by atoms with Crippen molar-refractivity contribution in [2.75, 3.05) is 16.9 Å². The van der Waals surface area contributed by atoms with E-state index in [1.54, 1.807) is 0 Å². The van der Waals surface area contributed by atoms with E-state index in [0.717, 1.165) is 0 Å². The largest absolute Gasteiger partial charge is 0.393 e. The summed E-state index contributed by atoms with van der Waals surface area (Å²) >= 11 is 0. The molecule has 1 rings (SSSR count). The van der Waals surface area contributed by atoms with Gasteiger partial charge in [0, 0.05) is 5.54 Å². The molecule has 0 aliphatic carbocycles. The maximum absolute atomic E-state index is 5.66. The van der Waals surface area contributed by atoms with Crippen LogP contribution in [0.25, 0.3) is 0 Å². The van der Waals surface area contributed by atoms with Crippen LogP contribution in [0.1, 0.15) is 20.8 Å². The van der Waals surface area contributed by atoms with Crippen LogP contribution in [0, 0.1) is 0 Å². The van der Waals surface area contributed by atoms with Gasteiger partial charge in [0.2, 0.25) is 0 Å². The van der Waals surface area contributed by atoms with Gasteiger partial charge in [0.1, 0.15) is 12.0 Å². The van der Waals surface area contributed by atoms with E-state index < -0.39 is 0 Å². The minimum atomic E-state index is -0.0772. The average molecular weight is 196 g/mol. The van der Waals surface area contributed by atoms with Crippen LogP contribution in [0.5, 0.6) is 0 Å². The Balaban J connectivity index is 2.73. The van der Waals surface area contributed by atoms with Gasteiger partial charge in [-0.25, -0.2) is 15.4 Å². The van der Waals surface area contributed by atoms with Gasteiger partial charge in [-0.1, -0.05) is 0 Å². The third-order valence-electron chi connectivity index (χ3n) is 1.47. The molecule has 0 unspecified atom stereocenters. The van der Waals surface area contributed by atoms with Gasteiger partial charge in [-0.05, 0) is 20.8 Å². The van der Waals surface area contributed by atoms with Crippen molar-refractivity contribution in [2.45, 2.75) is 26.3 Å². The predicted octanol–water partition coefficient (Wildman–Crippen LogP) is 0.356. The third kappa shape index (κ3) is 2.74. The highest BCUT2D eigenvalue weighted by Gasteiger charge is 2.10. The monoisotopic (exact) mass is 196 g/mol. The van der Waals surface area contributed by atoms with Gasteiger partial charge in [-0.2, -0.15) is 0 Å². The molecule has 0 aliphatic heterocycles. The van der Waals surface area contributed by atoms with Crippen LogP contribution in [-0.4, -0.2) is 15.5 Å². The van der Waals surface area contributed by atoms with Crippen LogP contribution in [-0.2, 0) is 0 Å². The van der Waals surface area contributed by atoms with Gasteiger partial charge in [-0.3, -0.25) is 0 Å². The summed E-state index contributed by atoms with van der Waals surface area (Å²) in [6, 6.07) is 0. The van der Waals surface area contributed by atoms with Gasteiger partial charge in [0.05, 0.1) is 0 Å². The normalized spacial score (nSPS) is 11.4. The van der Waals surface area contributed by atoms with Gasteiger partial charge < -0.3 is 16.9 Å². The zero-order valence-corrected chi connectivity index (χ0v) is 8.63. The van der Waals surface area contributed by atoms with Crippen molar-refractivity contribution in [1.29, 1.82) is 0 Å². The molecule has 6 heteroatoms. The lowest BCUT2D eigenvalue weighted by molar-refractivity contribution is 0.464. The molecule has 1 aromatic rings. The lowest BCUT2D eigenvalue weighted by Gasteiger charge is -2.21. The van der Waals surface area contributed by atoms with E-state index in [1.165, 1.54) is 6.33 Å². The van der Waals surface area contributed by atoms with Crippen molar-refractivity contribution in [3.63, 3.8) is 0 Å². The lowest BCUT2D eigenvalue weighted by atomic mass is 10.1. The summed E-state index contributed by atoms with van der Waals surface area (Å²) in [5.41, 5.74) is 17.4. The van der Waals surface area contributed by atoms with Crippen molar-refractivity contribution in [1.82, 2.24) is 15.4 Å². The molecule has 14 heavy (non-hydrogen) atoms. The molecule has 0 radical (unpaired) electrons. The molecule has 6 nitrogen and oxygen atoms in total. The Labute approximate surface area is 83.1 Å². The summed E-state index contributed by atoms with van der Waals surface area (Å²) in [5, 5.41) is 0. The Kier molecular flexibility index (Phi) is 2.76. The first-order valence-electron chi connectivity index (χ1n) is 4.29. The smallest absolute Gasteiger partial charge is 0.169 e. The van der Waals surface area contributed by atoms with E-state index in [-0.39, 0.29) is 11.4 Å². The van der Waals surface area contributed by atoms with Crippen molar-refractivity contribution < 1.29 is 0 Å². The Morgan fingerprint density at radius 2 is 1.86 bits per heavy atom. The molecule has 1 aromatic heterocycles. The van der Waals surface area contributed by atoms with Crippen LogP contribution < -0.4 is 22.3 Å². The van der Waals surface area contributed by atoms with Gasteiger partial charge in [0.15, 0.2) is 11.6 Å². The Bertz CT molecular complexity index is 316. The van der Waals surface area contributed by atoms with Crippen molar-refractivity contribution >= 4 is 17.3 Å². The number of hydrogen-bond acceptors (Lipinski definition) is 6. The molecule has 6 N–H and O–H groups in total. The zero-order valence-electron chi connectivity index (χ0n) is 8.63. The number of aromatic nitrogens is 2. The molecule has 1 heterocycles. The molecule has 0 saturated heterocycles. The predicted molar refractivity (Wildman–Crippen MR) is 57.4 cm³/mol. The first-order chi connectivity index (χ1) is 6.40. The minimum absolute atomic E-state index is 0.0772. The van der Waals surface area contributed by atoms with E-state index in [1.807, 2.05) is 20.8 Å². The summed E-state index contributed by atoms with van der Waals surface area (Å²) in [6.45, 7) is 6.04. The highest BCUT2D eigenvalue weighted by Crippen LogP contribution is 2.18. The summed E-state index contributed by atoms with van der Waals surface area (Å²) < 4.78 is 0. The van der Waals surface area contributed by atoms with Crippen molar-refractivity contribution in [3.8, 4) is 0 Å². The quantitative estimate of drug-likeness (QED) is 0.509. The van der Waals surface area contributed by atoms with Crippen LogP contribution in [0.4, 0.5) is 17.3 Å². The molecule has 0 atom stereocenters. The van der Waals surface area contributed by atoms with Crippen LogP contribution in [0.15, 0.2) is 6.33 Å². The number of nitrogens with two attached hydrogens (primary N) is 2. The molecular formula is C8H16N6. The maximum Gasteiger partial charge on any atom is 0.169 e. The molecular weight excluding hydrogens is 180 g/mol. The van der Waals surface area contributed by atoms with Gasteiger partial charge in [0.25, 0.3) is 0 Å². The van der Waals surface area contributed by atoms with E-state index in [9.17, 15) is 0 Å². The minimum Gasteiger partial charge on any atom is -0.393 e. The Hall–Kier alpha value is -1.56. The molecule has 0 amide bonds. The summed E-state index contributed by atoms with van der Waals surface area (Å²) in [7, 11) is 0. The van der Waals surface area contributed by atoms with E-state index in [0.29, 0.717) is 11.5 Å². The molecule has 0 aliphatic rings. The second kappa shape index (κ2) is 3.67. The molecule has 0 bridgehead atoms. The van der Waals surface area contributed by atoms with Gasteiger partial charge >= 0.3 is 0 Å². The van der Waals surface area contributed by atoms with Crippen LogP contribution in [0.3, 0.4) is 0 Å². The summed E-state index contributed by atoms with van der Waals surface area (Å²) in [4.78, 5) is 7.71. The number of hydrazine groups is 1. The van der Waals surface area contributed by atoms with Crippen LogP contribution in [0.2, 0.25) is 0 Å². The van der Waals surface area contributed by atoms with E-state index in [4.69, 9.17) is 11.5 Å². The maximum atomic E-state index is 5.66. The number of nitrogens with zero attached hydrogens (tertiary/aromatic N) is 2. The molecule has 78 valence electrons. The fourth-order valence-corrected chi connectivity index (χ4v) is 0.756. The first kappa shape index (κ1) is 10.5. The fourth-order valence-electron chi connectivity index (χ4n) is 0.756. The lowest BCUT2D eigenvalue weighted by Crippen LogP contribution is -2.40. The number of nitrogen functional groups attached to an aromatic ring is 2. The number of anilines is 3. The standard InChI is InChI=1S/C8H16N6/c1-8(2,3)14-13-7-5(9)6(10)11-4-12-7/h4,14H,9H2,1-3H3,(H3,10,11,12,13). The third-order valence-corrected chi connectivity index (χ3v) is 1.47. The van der Waals surface area contributed by atoms with Crippen LogP contribution >= 0.6 is 0 Å². The molecule has 0 spiro atoms. The first-order valence-corrected chi connectivity index (χ1v) is 4.29. The fraction of sp³-hybridized carbons (Fsp3) is 0.500. The van der Waals surface area contributed by atoms with Crippen molar-refractivity contribution in [3.05, 3.63) is 6.33 Å². The summed E-state index contributed by atoms with van der Waals surface area (Å²) in [5.74, 6) is 0.769. The van der Waals surface area contributed by atoms with Crippen molar-refractivity contribution in [2.24, 2.45) is 0 Å². The zero-order chi connectivity index (χ0) is 10.8. The van der Waals surface area contributed by atoms with E-state index >= 15 is 0 Å². The SMILES string of the molecule is CC(C)(C)NNc1ncnc(N)c1N. The molecule has 0 aromatic carbocycles. The topological polar surface area (TPSA) is 102 Å². The molecule has 0 saturated carbocycles. The second-order valence-electron chi connectivity index (χ2n) is 4.02.